The molecule has 0 spiro atoms. The predicted molar refractivity (Wildman–Crippen MR) is 108 cm³/mol. The van der Waals surface area contributed by atoms with Gasteiger partial charge in [0.15, 0.2) is 0 Å². The number of hydrazone groups is 1. The monoisotopic (exact) mass is 390 g/mol. The molecule has 0 radical (unpaired) electrons. The van der Waals surface area contributed by atoms with Gasteiger partial charge in [-0.3, -0.25) is 4.79 Å². The molecule has 0 amide bonds. The second-order valence-corrected chi connectivity index (χ2v) is 7.67. The fourth-order valence-electron chi connectivity index (χ4n) is 3.70. The lowest BCUT2D eigenvalue weighted by Crippen LogP contribution is -2.45. The molecule has 6 heteroatoms. The minimum atomic E-state index is -0.786. The van der Waals surface area contributed by atoms with Crippen molar-refractivity contribution in [1.29, 1.82) is 0 Å². The summed E-state index contributed by atoms with van der Waals surface area (Å²) < 4.78 is 11.3. The van der Waals surface area contributed by atoms with E-state index in [1.807, 2.05) is 40.7 Å². The molecule has 3 heterocycles. The summed E-state index contributed by atoms with van der Waals surface area (Å²) in [4.78, 5) is 14.4. The highest BCUT2D eigenvalue weighted by atomic mass is 32.1. The van der Waals surface area contributed by atoms with Crippen molar-refractivity contribution in [2.45, 2.75) is 18.7 Å². The van der Waals surface area contributed by atoms with Gasteiger partial charge in [-0.1, -0.05) is 24.3 Å². The van der Waals surface area contributed by atoms with Crippen LogP contribution in [0.3, 0.4) is 0 Å². The number of hydrogen-bond donors (Lipinski definition) is 0. The van der Waals surface area contributed by atoms with E-state index in [-0.39, 0.29) is 11.8 Å². The van der Waals surface area contributed by atoms with Crippen LogP contribution in [-0.4, -0.2) is 29.8 Å². The van der Waals surface area contributed by atoms with E-state index in [0.717, 1.165) is 28.3 Å². The van der Waals surface area contributed by atoms with E-state index in [1.165, 1.54) is 0 Å². The Morgan fingerprint density at radius 2 is 1.96 bits per heavy atom. The van der Waals surface area contributed by atoms with Gasteiger partial charge in [-0.25, -0.2) is 5.01 Å². The van der Waals surface area contributed by atoms with Gasteiger partial charge in [0.05, 0.1) is 23.7 Å². The van der Waals surface area contributed by atoms with Gasteiger partial charge in [0, 0.05) is 17.5 Å². The molecule has 2 aliphatic rings. The first-order chi connectivity index (χ1) is 13.7. The summed E-state index contributed by atoms with van der Waals surface area (Å²) >= 11 is 1.66. The van der Waals surface area contributed by atoms with E-state index in [1.54, 1.807) is 42.7 Å². The lowest BCUT2D eigenvalue weighted by atomic mass is 9.97. The smallest absolute Gasteiger partial charge is 0.251 e. The lowest BCUT2D eigenvalue weighted by molar-refractivity contribution is -0.00455. The number of ether oxygens (including phenoxy) is 2. The van der Waals surface area contributed by atoms with E-state index in [9.17, 15) is 4.79 Å². The normalized spacial score (nSPS) is 20.0. The molecule has 2 atom stereocenters. The molecule has 5 rings (SSSR count). The Morgan fingerprint density at radius 1 is 1.14 bits per heavy atom. The van der Waals surface area contributed by atoms with Crippen LogP contribution in [0.4, 0.5) is 0 Å². The third kappa shape index (κ3) is 2.77. The highest BCUT2D eigenvalue weighted by Crippen LogP contribution is 2.43. The molecule has 28 heavy (non-hydrogen) atoms. The van der Waals surface area contributed by atoms with Crippen LogP contribution in [0, 0.1) is 0 Å². The van der Waals surface area contributed by atoms with Crippen molar-refractivity contribution >= 4 is 22.8 Å². The molecule has 0 saturated heterocycles. The number of carbonyl (C=O) groups is 1. The molecule has 2 aromatic carbocycles. The number of benzene rings is 2. The summed E-state index contributed by atoms with van der Waals surface area (Å²) in [7, 11) is 1.60. The molecule has 0 saturated carbocycles. The van der Waals surface area contributed by atoms with E-state index in [2.05, 4.69) is 6.07 Å². The number of fused-ring (bicyclic) bond motifs is 3. The Hall–Kier alpha value is -3.12. The zero-order valence-electron chi connectivity index (χ0n) is 15.2. The fraction of sp³-hybridized carbons (Fsp3) is 0.182. The van der Waals surface area contributed by atoms with Gasteiger partial charge in [-0.2, -0.15) is 5.10 Å². The number of thiophene rings is 1. The van der Waals surface area contributed by atoms with Crippen LogP contribution in [-0.2, 0) is 0 Å². The number of methoxy groups -OCH3 is 1. The van der Waals surface area contributed by atoms with Crippen molar-refractivity contribution < 1.29 is 14.3 Å². The first-order valence-electron chi connectivity index (χ1n) is 9.08. The second kappa shape index (κ2) is 6.80. The van der Waals surface area contributed by atoms with Crippen molar-refractivity contribution in [1.82, 2.24) is 5.01 Å². The van der Waals surface area contributed by atoms with Crippen LogP contribution >= 0.6 is 11.3 Å². The third-order valence-electron chi connectivity index (χ3n) is 5.10. The summed E-state index contributed by atoms with van der Waals surface area (Å²) in [6.07, 6.45) is -0.0291. The van der Waals surface area contributed by atoms with Crippen molar-refractivity contribution in [2.75, 3.05) is 7.11 Å². The summed E-state index contributed by atoms with van der Waals surface area (Å²) in [6, 6.07) is 19.1. The number of hydrogen-bond acceptors (Lipinski definition) is 6. The van der Waals surface area contributed by atoms with Crippen molar-refractivity contribution in [3.05, 3.63) is 82.0 Å². The molecule has 0 aliphatic carbocycles. The van der Waals surface area contributed by atoms with Gasteiger partial charge in [0.25, 0.3) is 6.23 Å². The SMILES string of the molecule is COc1ccc(C(=O)[C@H]2Oc3ccccc3[C@@H]3CC(c4cccs4)=NN23)cc1. The minimum absolute atomic E-state index is 0.00533. The average Bonchev–Trinajstić information content (AvgIpc) is 3.42. The van der Waals surface area contributed by atoms with Crippen LogP contribution < -0.4 is 9.47 Å². The molecule has 0 fully saturated rings. The van der Waals surface area contributed by atoms with Gasteiger partial charge in [-0.15, -0.1) is 11.3 Å². The van der Waals surface area contributed by atoms with Crippen LogP contribution in [0.5, 0.6) is 11.5 Å². The zero-order valence-corrected chi connectivity index (χ0v) is 16.1. The summed E-state index contributed by atoms with van der Waals surface area (Å²) in [5, 5.41) is 8.67. The summed E-state index contributed by atoms with van der Waals surface area (Å²) in [5.41, 5.74) is 2.63. The number of nitrogens with zero attached hydrogens (tertiary/aromatic N) is 2. The average molecular weight is 390 g/mol. The van der Waals surface area contributed by atoms with Crippen LogP contribution in [0.2, 0.25) is 0 Å². The molecule has 1 aromatic heterocycles. The Kier molecular flexibility index (Phi) is 4.13. The number of Topliss-reactive ketones (excluding diaryl/α,β-unsaturated/α-hetero) is 1. The maximum atomic E-state index is 13.3. The Labute approximate surface area is 166 Å². The zero-order chi connectivity index (χ0) is 19.1. The molecule has 3 aromatic rings. The summed E-state index contributed by atoms with van der Waals surface area (Å²) in [5.74, 6) is 1.35. The second-order valence-electron chi connectivity index (χ2n) is 6.72. The largest absolute Gasteiger partial charge is 0.497 e. The van der Waals surface area contributed by atoms with E-state index in [0.29, 0.717) is 11.3 Å². The van der Waals surface area contributed by atoms with Crippen LogP contribution in [0.25, 0.3) is 0 Å². The van der Waals surface area contributed by atoms with Crippen molar-refractivity contribution in [3.8, 4) is 11.5 Å². The molecule has 5 nitrogen and oxygen atoms in total. The minimum Gasteiger partial charge on any atom is -0.497 e. The Bertz CT molecular complexity index is 1040. The van der Waals surface area contributed by atoms with E-state index in [4.69, 9.17) is 14.6 Å². The number of ketones is 1. The van der Waals surface area contributed by atoms with Crippen molar-refractivity contribution in [2.24, 2.45) is 5.10 Å². The molecule has 0 unspecified atom stereocenters. The quantitative estimate of drug-likeness (QED) is 0.615. The van der Waals surface area contributed by atoms with Gasteiger partial charge < -0.3 is 9.47 Å². The standard InChI is InChI=1S/C22H18N2O3S/c1-26-15-10-8-14(9-11-15)21(25)22-24-18(16-5-2-3-6-19(16)27-22)13-17(23-24)20-7-4-12-28-20/h2-12,18,22H,13H2,1H3/t18-,22+/m0/s1. The first kappa shape index (κ1) is 17.0. The van der Waals surface area contributed by atoms with Crippen LogP contribution in [0.1, 0.15) is 33.3 Å². The number of rotatable bonds is 4. The van der Waals surface area contributed by atoms with Gasteiger partial charge in [0.2, 0.25) is 5.78 Å². The topological polar surface area (TPSA) is 51.1 Å². The third-order valence-corrected chi connectivity index (χ3v) is 6.02. The number of para-hydroxylation sites is 1. The molecular weight excluding hydrogens is 372 g/mol. The van der Waals surface area contributed by atoms with E-state index >= 15 is 0 Å². The van der Waals surface area contributed by atoms with Gasteiger partial charge in [-0.05, 0) is 41.8 Å². The van der Waals surface area contributed by atoms with E-state index < -0.39 is 6.23 Å². The van der Waals surface area contributed by atoms with Crippen LogP contribution in [0.15, 0.2) is 71.1 Å². The summed E-state index contributed by atoms with van der Waals surface area (Å²) in [6.45, 7) is 0. The van der Waals surface area contributed by atoms with Gasteiger partial charge >= 0.3 is 0 Å². The highest BCUT2D eigenvalue weighted by molar-refractivity contribution is 7.12. The molecule has 0 N–H and O–H groups in total. The molecular formula is C22H18N2O3S. The fourth-order valence-corrected chi connectivity index (χ4v) is 4.42. The van der Waals surface area contributed by atoms with Gasteiger partial charge in [0.1, 0.15) is 11.5 Å². The Morgan fingerprint density at radius 3 is 2.71 bits per heavy atom. The molecule has 2 aliphatic heterocycles. The maximum absolute atomic E-state index is 13.3. The first-order valence-corrected chi connectivity index (χ1v) is 9.96. The highest BCUT2D eigenvalue weighted by Gasteiger charge is 2.43. The maximum Gasteiger partial charge on any atom is 0.251 e. The molecule has 140 valence electrons. The Balaban J connectivity index is 1.54. The lowest BCUT2D eigenvalue weighted by Gasteiger charge is -2.37. The molecule has 0 bridgehead atoms. The number of carbonyl (C=O) groups excluding carboxylic acids is 1. The van der Waals surface area contributed by atoms with Crippen molar-refractivity contribution in [3.63, 3.8) is 0 Å². The predicted octanol–water partition coefficient (Wildman–Crippen LogP) is 4.51.